The van der Waals surface area contributed by atoms with Crippen LogP contribution in [-0.2, 0) is 0 Å². The monoisotopic (exact) mass is 151 g/mol. The number of dihydropyridines is 1. The molecule has 0 spiro atoms. The maximum absolute atomic E-state index is 11.0. The molecule has 1 saturated heterocycles. The van der Waals surface area contributed by atoms with E-state index in [1.807, 2.05) is 12.2 Å². The van der Waals surface area contributed by atoms with E-state index in [4.69, 9.17) is 0 Å². The van der Waals surface area contributed by atoms with Gasteiger partial charge in [0.25, 0.3) is 0 Å². The van der Waals surface area contributed by atoms with Gasteiger partial charge in [-0.25, -0.2) is 4.79 Å². The van der Waals surface area contributed by atoms with Gasteiger partial charge in [0.15, 0.2) is 0 Å². The first-order valence-corrected chi connectivity index (χ1v) is 3.52. The van der Waals surface area contributed by atoms with Crippen molar-refractivity contribution >= 4 is 12.2 Å². The van der Waals surface area contributed by atoms with E-state index in [-0.39, 0.29) is 18.2 Å². The molecule has 2 aliphatic heterocycles. The Morgan fingerprint density at radius 2 is 2.55 bits per heavy atom. The highest BCUT2D eigenvalue weighted by atomic mass is 16.2. The second-order valence-electron chi connectivity index (χ2n) is 2.68. The lowest BCUT2D eigenvalue weighted by Crippen LogP contribution is -2.32. The molecule has 0 radical (unpaired) electrons. The number of allylic oxidation sites excluding steroid dienone is 1. The number of rotatable bonds is 0. The summed E-state index contributed by atoms with van der Waals surface area (Å²) in [5.74, 6) is 0. The molecule has 1 fully saturated rings. The number of likely N-dealkylation sites (N-methyl/N-ethyl adjacent to an activating group) is 1. The zero-order chi connectivity index (χ0) is 7.84. The molecule has 0 aromatic heterocycles. The van der Waals surface area contributed by atoms with E-state index in [0.29, 0.717) is 0 Å². The molecule has 2 rings (SSSR count). The highest BCUT2D eigenvalue weighted by Gasteiger charge is 2.35. The molecule has 4 nitrogen and oxygen atoms in total. The van der Waals surface area contributed by atoms with Gasteiger partial charge in [-0.15, -0.1) is 0 Å². The van der Waals surface area contributed by atoms with Crippen LogP contribution in [0.15, 0.2) is 17.1 Å². The number of fused-ring (bicyclic) bond motifs is 1. The molecule has 2 heterocycles. The van der Waals surface area contributed by atoms with Gasteiger partial charge in [0.2, 0.25) is 0 Å². The van der Waals surface area contributed by atoms with E-state index in [1.54, 1.807) is 18.2 Å². The van der Waals surface area contributed by atoms with Crippen molar-refractivity contribution in [2.75, 3.05) is 7.05 Å². The molecular formula is C7H9N3O. The van der Waals surface area contributed by atoms with Gasteiger partial charge in [0, 0.05) is 13.3 Å². The van der Waals surface area contributed by atoms with Crippen LogP contribution in [0.5, 0.6) is 0 Å². The van der Waals surface area contributed by atoms with Crippen LogP contribution in [0.2, 0.25) is 0 Å². The smallest absolute Gasteiger partial charge is 0.317 e. The first kappa shape index (κ1) is 6.39. The van der Waals surface area contributed by atoms with E-state index in [9.17, 15) is 4.79 Å². The number of carbonyl (C=O) groups is 1. The molecule has 2 atom stereocenters. The Balaban J connectivity index is 2.27. The van der Waals surface area contributed by atoms with Crippen LogP contribution in [0, 0.1) is 0 Å². The van der Waals surface area contributed by atoms with E-state index < -0.39 is 0 Å². The molecule has 0 aliphatic carbocycles. The SMILES string of the molecule is CN1C(=O)NC2N=CC=CC21. The van der Waals surface area contributed by atoms with Gasteiger partial charge in [0.1, 0.15) is 6.17 Å². The highest BCUT2D eigenvalue weighted by molar-refractivity contribution is 5.81. The fraction of sp³-hybridized carbons (Fsp3) is 0.429. The first-order valence-electron chi connectivity index (χ1n) is 3.52. The van der Waals surface area contributed by atoms with Gasteiger partial charge < -0.3 is 10.2 Å². The summed E-state index contributed by atoms with van der Waals surface area (Å²) in [6.07, 6.45) is 5.46. The van der Waals surface area contributed by atoms with Crippen LogP contribution in [0.3, 0.4) is 0 Å². The van der Waals surface area contributed by atoms with Crippen LogP contribution >= 0.6 is 0 Å². The minimum Gasteiger partial charge on any atom is -0.317 e. The van der Waals surface area contributed by atoms with Gasteiger partial charge in [-0.05, 0) is 6.08 Å². The molecule has 1 N–H and O–H groups in total. The Labute approximate surface area is 64.6 Å². The van der Waals surface area contributed by atoms with Crippen molar-refractivity contribution in [3.63, 3.8) is 0 Å². The largest absolute Gasteiger partial charge is 0.319 e. The van der Waals surface area contributed by atoms with Crippen molar-refractivity contribution in [3.05, 3.63) is 12.2 Å². The van der Waals surface area contributed by atoms with Crippen molar-refractivity contribution < 1.29 is 4.79 Å². The minimum atomic E-state index is -0.0718. The molecular weight excluding hydrogens is 142 g/mol. The number of amides is 2. The van der Waals surface area contributed by atoms with E-state index in [1.165, 1.54) is 0 Å². The maximum Gasteiger partial charge on any atom is 0.319 e. The van der Waals surface area contributed by atoms with Crippen molar-refractivity contribution in [2.24, 2.45) is 4.99 Å². The average Bonchev–Trinajstić information content (AvgIpc) is 2.30. The predicted octanol–water partition coefficient (Wildman–Crippen LogP) is -0.0233. The Kier molecular flexibility index (Phi) is 1.21. The van der Waals surface area contributed by atoms with Crippen molar-refractivity contribution in [3.8, 4) is 0 Å². The lowest BCUT2D eigenvalue weighted by atomic mass is 10.2. The van der Waals surface area contributed by atoms with Gasteiger partial charge >= 0.3 is 6.03 Å². The van der Waals surface area contributed by atoms with E-state index >= 15 is 0 Å². The third kappa shape index (κ3) is 0.824. The Morgan fingerprint density at radius 3 is 3.27 bits per heavy atom. The van der Waals surface area contributed by atoms with Crippen molar-refractivity contribution in [2.45, 2.75) is 12.2 Å². The minimum absolute atomic E-state index is 0.0521. The summed E-state index contributed by atoms with van der Waals surface area (Å²) < 4.78 is 0. The highest BCUT2D eigenvalue weighted by Crippen LogP contribution is 2.15. The van der Waals surface area contributed by atoms with E-state index in [2.05, 4.69) is 10.3 Å². The fourth-order valence-electron chi connectivity index (χ4n) is 1.33. The zero-order valence-electron chi connectivity index (χ0n) is 6.19. The number of urea groups is 1. The molecule has 0 aromatic rings. The summed E-state index contributed by atoms with van der Waals surface area (Å²) in [6, 6.07) is 0.0520. The number of nitrogens with one attached hydrogen (secondary N) is 1. The van der Waals surface area contributed by atoms with E-state index in [0.717, 1.165) is 0 Å². The number of aliphatic imine (C=N–C) groups is 1. The molecule has 11 heavy (non-hydrogen) atoms. The quantitative estimate of drug-likeness (QED) is 0.519. The molecule has 2 aliphatic rings. The Morgan fingerprint density at radius 1 is 1.73 bits per heavy atom. The van der Waals surface area contributed by atoms with Crippen molar-refractivity contribution in [1.82, 2.24) is 10.2 Å². The lowest BCUT2D eigenvalue weighted by Gasteiger charge is -2.18. The van der Waals surface area contributed by atoms with Gasteiger partial charge in [-0.2, -0.15) is 0 Å². The van der Waals surface area contributed by atoms with Crippen LogP contribution in [0.25, 0.3) is 0 Å². The third-order valence-electron chi connectivity index (χ3n) is 2.00. The molecule has 0 bridgehead atoms. The fourth-order valence-corrected chi connectivity index (χ4v) is 1.33. The third-order valence-corrected chi connectivity index (χ3v) is 2.00. The van der Waals surface area contributed by atoms with Crippen LogP contribution in [0.1, 0.15) is 0 Å². The maximum atomic E-state index is 11.0. The molecule has 2 unspecified atom stereocenters. The summed E-state index contributed by atoms with van der Waals surface area (Å²) in [7, 11) is 1.77. The molecule has 58 valence electrons. The Bertz CT molecular complexity index is 246. The second kappa shape index (κ2) is 2.08. The molecule has 0 saturated carbocycles. The standard InChI is InChI=1S/C7H9N3O/c1-10-5-3-2-4-8-6(5)9-7(10)11/h2-6H,1H3,(H,9,11). The number of hydrogen-bond donors (Lipinski definition) is 1. The number of hydrogen-bond acceptors (Lipinski definition) is 2. The van der Waals surface area contributed by atoms with Crippen LogP contribution < -0.4 is 5.32 Å². The summed E-state index contributed by atoms with van der Waals surface area (Å²) in [5.41, 5.74) is 0. The summed E-state index contributed by atoms with van der Waals surface area (Å²) in [4.78, 5) is 16.8. The van der Waals surface area contributed by atoms with Gasteiger partial charge in [0.05, 0.1) is 6.04 Å². The first-order chi connectivity index (χ1) is 5.29. The van der Waals surface area contributed by atoms with Crippen LogP contribution in [-0.4, -0.2) is 36.4 Å². The average molecular weight is 151 g/mol. The lowest BCUT2D eigenvalue weighted by molar-refractivity contribution is 0.221. The molecule has 2 amide bonds. The molecule has 0 aromatic carbocycles. The van der Waals surface area contributed by atoms with Crippen molar-refractivity contribution in [1.29, 1.82) is 0 Å². The summed E-state index contributed by atoms with van der Waals surface area (Å²) in [5, 5.41) is 2.74. The predicted molar refractivity (Wildman–Crippen MR) is 41.5 cm³/mol. The van der Waals surface area contributed by atoms with Crippen LogP contribution in [0.4, 0.5) is 4.79 Å². The summed E-state index contributed by atoms with van der Waals surface area (Å²) >= 11 is 0. The van der Waals surface area contributed by atoms with Gasteiger partial charge in [-0.1, -0.05) is 6.08 Å². The van der Waals surface area contributed by atoms with Gasteiger partial charge in [-0.3, -0.25) is 4.99 Å². The summed E-state index contributed by atoms with van der Waals surface area (Å²) in [6.45, 7) is 0. The second-order valence-corrected chi connectivity index (χ2v) is 2.68. The zero-order valence-corrected chi connectivity index (χ0v) is 6.19. The number of carbonyl (C=O) groups excluding carboxylic acids is 1. The Hall–Kier alpha value is -1.32. The topological polar surface area (TPSA) is 44.7 Å². The normalized spacial score (nSPS) is 33.9. The number of nitrogens with zero attached hydrogens (tertiary/aromatic N) is 2. The molecule has 4 heteroatoms.